The van der Waals surface area contributed by atoms with Gasteiger partial charge in [0.1, 0.15) is 0 Å². The highest BCUT2D eigenvalue weighted by molar-refractivity contribution is 7.14. The highest BCUT2D eigenvalue weighted by Crippen LogP contribution is 2.30. The largest absolute Gasteiger partial charge is 0.373 e. The van der Waals surface area contributed by atoms with E-state index in [9.17, 15) is 0 Å². The number of nitrogens with one attached hydrogen (secondary N) is 1. The Morgan fingerprint density at radius 3 is 3.17 bits per heavy atom. The maximum atomic E-state index is 6.25. The van der Waals surface area contributed by atoms with Gasteiger partial charge in [0.15, 0.2) is 5.13 Å². The van der Waals surface area contributed by atoms with Crippen LogP contribution in [0.4, 0.5) is 5.13 Å². The summed E-state index contributed by atoms with van der Waals surface area (Å²) in [5, 5.41) is 7.14. The third kappa shape index (κ3) is 3.59. The summed E-state index contributed by atoms with van der Waals surface area (Å²) >= 11 is 7.86. The number of benzene rings is 1. The van der Waals surface area contributed by atoms with Crippen LogP contribution >= 0.6 is 22.9 Å². The van der Waals surface area contributed by atoms with Crippen molar-refractivity contribution in [1.29, 1.82) is 0 Å². The van der Waals surface area contributed by atoms with Gasteiger partial charge in [-0.2, -0.15) is 0 Å². The number of hydrogen-bond donors (Lipinski definition) is 1. The predicted octanol–water partition coefficient (Wildman–Crippen LogP) is 4.13. The summed E-state index contributed by atoms with van der Waals surface area (Å²) in [7, 11) is 0. The van der Waals surface area contributed by atoms with Crippen molar-refractivity contribution < 1.29 is 4.74 Å². The van der Waals surface area contributed by atoms with Crippen molar-refractivity contribution in [1.82, 2.24) is 9.88 Å². The van der Waals surface area contributed by atoms with Gasteiger partial charge in [0.25, 0.3) is 0 Å². The molecule has 2 aliphatic heterocycles. The molecule has 2 fully saturated rings. The van der Waals surface area contributed by atoms with Crippen LogP contribution < -0.4 is 5.32 Å². The molecule has 1 aromatic heterocycles. The number of fused-ring (bicyclic) bond motifs is 1. The topological polar surface area (TPSA) is 37.4 Å². The van der Waals surface area contributed by atoms with Crippen LogP contribution in [0.25, 0.3) is 11.3 Å². The number of ether oxygens (including phenoxy) is 1. The molecule has 3 heterocycles. The molecule has 6 heteroatoms. The van der Waals surface area contributed by atoms with Crippen LogP contribution in [0.2, 0.25) is 5.02 Å². The number of piperidine rings is 1. The number of halogens is 1. The molecule has 2 aromatic rings. The second kappa shape index (κ2) is 7.40. The van der Waals surface area contributed by atoms with E-state index in [1.54, 1.807) is 11.3 Å². The summed E-state index contributed by atoms with van der Waals surface area (Å²) in [6.07, 6.45) is 4.20. The minimum atomic E-state index is 0.243. The fourth-order valence-corrected chi connectivity index (χ4v) is 4.48. The Kier molecular flexibility index (Phi) is 5.03. The van der Waals surface area contributed by atoms with E-state index in [1.807, 2.05) is 29.6 Å². The zero-order valence-electron chi connectivity index (χ0n) is 13.6. The van der Waals surface area contributed by atoms with Crippen LogP contribution in [0, 0.1) is 0 Å². The summed E-state index contributed by atoms with van der Waals surface area (Å²) in [4.78, 5) is 7.25. The summed E-state index contributed by atoms with van der Waals surface area (Å²) in [6.45, 7) is 3.92. The molecule has 24 heavy (non-hydrogen) atoms. The molecule has 1 aromatic carbocycles. The minimum absolute atomic E-state index is 0.243. The van der Waals surface area contributed by atoms with E-state index in [-0.39, 0.29) is 6.10 Å². The quantitative estimate of drug-likeness (QED) is 0.886. The first kappa shape index (κ1) is 16.3. The lowest BCUT2D eigenvalue weighted by Gasteiger charge is -2.42. The molecule has 2 aliphatic rings. The van der Waals surface area contributed by atoms with Crippen LogP contribution in [-0.4, -0.2) is 48.3 Å². The molecule has 1 N–H and O–H groups in total. The Balaban J connectivity index is 1.34. The summed E-state index contributed by atoms with van der Waals surface area (Å²) < 4.78 is 6.03. The number of aromatic nitrogens is 1. The van der Waals surface area contributed by atoms with Gasteiger partial charge in [-0.05, 0) is 25.5 Å². The standard InChI is InChI=1S/C18H22ClN3OS/c19-16-7-2-1-6-15(16)17-12-24-18(21-17)20-9-14-10-22-8-4-3-5-13(22)11-23-14/h1-2,6-7,12-14H,3-5,8-11H2,(H,20,21). The normalized spacial score (nSPS) is 24.5. The predicted molar refractivity (Wildman–Crippen MR) is 100 cm³/mol. The Morgan fingerprint density at radius 2 is 2.25 bits per heavy atom. The van der Waals surface area contributed by atoms with E-state index in [1.165, 1.54) is 25.8 Å². The Bertz CT molecular complexity index is 692. The molecular formula is C18H22ClN3OS. The SMILES string of the molecule is Clc1ccccc1-c1csc(NCC2CN3CCCCC3CO2)n1. The zero-order valence-corrected chi connectivity index (χ0v) is 15.2. The van der Waals surface area contributed by atoms with Crippen molar-refractivity contribution in [3.05, 3.63) is 34.7 Å². The molecule has 0 amide bonds. The molecule has 0 radical (unpaired) electrons. The molecule has 0 aliphatic carbocycles. The molecule has 2 unspecified atom stereocenters. The number of nitrogens with zero attached hydrogens (tertiary/aromatic N) is 2. The third-order valence-electron chi connectivity index (χ3n) is 4.85. The van der Waals surface area contributed by atoms with E-state index in [0.717, 1.165) is 41.1 Å². The lowest BCUT2D eigenvalue weighted by atomic mass is 10.0. The highest BCUT2D eigenvalue weighted by atomic mass is 35.5. The first-order valence-electron chi connectivity index (χ1n) is 8.59. The van der Waals surface area contributed by atoms with Gasteiger partial charge in [-0.3, -0.25) is 4.90 Å². The monoisotopic (exact) mass is 363 g/mol. The molecule has 2 saturated heterocycles. The Hall–Kier alpha value is -1.14. The van der Waals surface area contributed by atoms with E-state index in [0.29, 0.717) is 6.04 Å². The zero-order chi connectivity index (χ0) is 16.4. The molecule has 4 nitrogen and oxygen atoms in total. The number of hydrogen-bond acceptors (Lipinski definition) is 5. The molecule has 0 bridgehead atoms. The van der Waals surface area contributed by atoms with Crippen LogP contribution in [0.5, 0.6) is 0 Å². The Morgan fingerprint density at radius 1 is 1.33 bits per heavy atom. The average Bonchev–Trinajstić information content (AvgIpc) is 3.09. The lowest BCUT2D eigenvalue weighted by molar-refractivity contribution is -0.0688. The summed E-state index contributed by atoms with van der Waals surface area (Å²) in [5.74, 6) is 0. The number of morpholine rings is 1. The van der Waals surface area contributed by atoms with Crippen LogP contribution in [-0.2, 0) is 4.74 Å². The van der Waals surface area contributed by atoms with Crippen molar-refractivity contribution in [2.75, 3.05) is 31.6 Å². The van der Waals surface area contributed by atoms with Gasteiger partial charge in [-0.1, -0.05) is 36.2 Å². The van der Waals surface area contributed by atoms with Crippen molar-refractivity contribution in [2.24, 2.45) is 0 Å². The molecule has 0 saturated carbocycles. The first-order valence-corrected chi connectivity index (χ1v) is 9.85. The Labute approximate surface area is 151 Å². The average molecular weight is 364 g/mol. The number of thiazole rings is 1. The second-order valence-electron chi connectivity index (χ2n) is 6.50. The van der Waals surface area contributed by atoms with Gasteiger partial charge in [-0.25, -0.2) is 4.98 Å². The van der Waals surface area contributed by atoms with Gasteiger partial charge in [0.05, 0.1) is 18.4 Å². The smallest absolute Gasteiger partial charge is 0.183 e. The van der Waals surface area contributed by atoms with Crippen molar-refractivity contribution in [2.45, 2.75) is 31.4 Å². The van der Waals surface area contributed by atoms with Crippen LogP contribution in [0.3, 0.4) is 0 Å². The summed E-state index contributed by atoms with van der Waals surface area (Å²) in [5.41, 5.74) is 1.90. The summed E-state index contributed by atoms with van der Waals surface area (Å²) in [6, 6.07) is 8.46. The van der Waals surface area contributed by atoms with E-state index < -0.39 is 0 Å². The van der Waals surface area contributed by atoms with E-state index in [4.69, 9.17) is 16.3 Å². The van der Waals surface area contributed by atoms with Gasteiger partial charge >= 0.3 is 0 Å². The van der Waals surface area contributed by atoms with Crippen LogP contribution in [0.1, 0.15) is 19.3 Å². The van der Waals surface area contributed by atoms with E-state index in [2.05, 4.69) is 15.2 Å². The second-order valence-corrected chi connectivity index (χ2v) is 7.76. The van der Waals surface area contributed by atoms with Crippen LogP contribution in [0.15, 0.2) is 29.6 Å². The number of anilines is 1. The molecule has 2 atom stereocenters. The molecule has 4 rings (SSSR count). The fourth-order valence-electron chi connectivity index (χ4n) is 3.52. The maximum Gasteiger partial charge on any atom is 0.183 e. The van der Waals surface area contributed by atoms with Gasteiger partial charge in [-0.15, -0.1) is 11.3 Å². The molecule has 0 spiro atoms. The van der Waals surface area contributed by atoms with Gasteiger partial charge in [0, 0.05) is 35.1 Å². The molecular weight excluding hydrogens is 342 g/mol. The van der Waals surface area contributed by atoms with Crippen molar-refractivity contribution >= 4 is 28.1 Å². The minimum Gasteiger partial charge on any atom is -0.373 e. The lowest BCUT2D eigenvalue weighted by Crippen LogP contribution is -2.53. The maximum absolute atomic E-state index is 6.25. The van der Waals surface area contributed by atoms with Crippen molar-refractivity contribution in [3.8, 4) is 11.3 Å². The van der Waals surface area contributed by atoms with Gasteiger partial charge in [0.2, 0.25) is 0 Å². The first-order chi connectivity index (χ1) is 11.8. The fraction of sp³-hybridized carbons (Fsp3) is 0.500. The van der Waals surface area contributed by atoms with E-state index >= 15 is 0 Å². The van der Waals surface area contributed by atoms with Crippen molar-refractivity contribution in [3.63, 3.8) is 0 Å². The third-order valence-corrected chi connectivity index (χ3v) is 5.98. The number of rotatable bonds is 4. The highest BCUT2D eigenvalue weighted by Gasteiger charge is 2.30. The van der Waals surface area contributed by atoms with Gasteiger partial charge < -0.3 is 10.1 Å². The molecule has 128 valence electrons.